The number of nitrogens with zero attached hydrogens (tertiary/aromatic N) is 2. The molecule has 0 spiro atoms. The summed E-state index contributed by atoms with van der Waals surface area (Å²) in [6.45, 7) is 0. The second-order valence-electron chi connectivity index (χ2n) is 4.84. The molecule has 8 heteroatoms. The first-order valence-electron chi connectivity index (χ1n) is 6.03. The highest BCUT2D eigenvalue weighted by Crippen LogP contribution is 2.32. The fourth-order valence-corrected chi connectivity index (χ4v) is 4.67. The van der Waals surface area contributed by atoms with Gasteiger partial charge in [-0.2, -0.15) is 0 Å². The van der Waals surface area contributed by atoms with E-state index in [-0.39, 0.29) is 28.5 Å². The summed E-state index contributed by atoms with van der Waals surface area (Å²) in [5.41, 5.74) is 1.06. The quantitative estimate of drug-likeness (QED) is 0.792. The van der Waals surface area contributed by atoms with Crippen molar-refractivity contribution >= 4 is 44.1 Å². The maximum Gasteiger partial charge on any atom is 0.152 e. The molecule has 1 aliphatic heterocycles. The monoisotopic (exact) mass is 336 g/mol. The maximum atomic E-state index is 13.7. The third kappa shape index (κ3) is 2.29. The normalized spacial score (nSPS) is 21.6. The Hall–Kier alpha value is -0.850. The van der Waals surface area contributed by atoms with Gasteiger partial charge in [-0.15, -0.1) is 11.6 Å². The van der Waals surface area contributed by atoms with E-state index >= 15 is 0 Å². The zero-order valence-corrected chi connectivity index (χ0v) is 12.6. The van der Waals surface area contributed by atoms with Gasteiger partial charge in [0, 0.05) is 6.07 Å². The van der Waals surface area contributed by atoms with Gasteiger partial charge in [-0.3, -0.25) is 0 Å². The molecule has 2 aromatic rings. The summed E-state index contributed by atoms with van der Waals surface area (Å²) in [7, 11) is -3.04. The van der Waals surface area contributed by atoms with Crippen LogP contribution in [0.4, 0.5) is 4.39 Å². The fourth-order valence-electron chi connectivity index (χ4n) is 2.62. The van der Waals surface area contributed by atoms with Crippen LogP contribution in [0, 0.1) is 5.82 Å². The van der Waals surface area contributed by atoms with Gasteiger partial charge in [0.25, 0.3) is 0 Å². The molecule has 1 saturated heterocycles. The molecule has 1 unspecified atom stereocenters. The standard InChI is InChI=1S/C12H11Cl2FN2O2S/c13-5-12-16-10-3-8(14)9(15)4-11(10)17(12)7-1-2-20(18,19)6-7/h3-4,7H,1-2,5-6H2. The van der Waals surface area contributed by atoms with E-state index in [0.717, 1.165) is 0 Å². The minimum atomic E-state index is -3.04. The van der Waals surface area contributed by atoms with Crippen molar-refractivity contribution in [3.05, 3.63) is 28.8 Å². The number of fused-ring (bicyclic) bond motifs is 1. The summed E-state index contributed by atoms with van der Waals surface area (Å²) in [6.07, 6.45) is 0.488. The highest BCUT2D eigenvalue weighted by Gasteiger charge is 2.31. The number of imidazole rings is 1. The van der Waals surface area contributed by atoms with Gasteiger partial charge < -0.3 is 4.57 Å². The number of rotatable bonds is 2. The van der Waals surface area contributed by atoms with Gasteiger partial charge in [0.15, 0.2) is 9.84 Å². The zero-order chi connectivity index (χ0) is 14.5. The third-order valence-electron chi connectivity index (χ3n) is 3.50. The molecule has 1 aromatic heterocycles. The van der Waals surface area contributed by atoms with Crippen molar-refractivity contribution in [2.45, 2.75) is 18.3 Å². The van der Waals surface area contributed by atoms with Gasteiger partial charge in [0.05, 0.1) is 39.5 Å². The molecule has 4 nitrogen and oxygen atoms in total. The van der Waals surface area contributed by atoms with Crippen LogP contribution in [0.1, 0.15) is 18.3 Å². The summed E-state index contributed by atoms with van der Waals surface area (Å²) in [4.78, 5) is 4.31. The predicted octanol–water partition coefficient (Wildman–Crippen LogP) is 2.93. The van der Waals surface area contributed by atoms with Crippen molar-refractivity contribution in [2.75, 3.05) is 11.5 Å². The minimum Gasteiger partial charge on any atom is -0.323 e. The second-order valence-corrected chi connectivity index (χ2v) is 7.75. The highest BCUT2D eigenvalue weighted by molar-refractivity contribution is 7.91. The van der Waals surface area contributed by atoms with Crippen molar-refractivity contribution < 1.29 is 12.8 Å². The fraction of sp³-hybridized carbons (Fsp3) is 0.417. The number of hydrogen-bond donors (Lipinski definition) is 0. The Labute approximate surface area is 125 Å². The van der Waals surface area contributed by atoms with Crippen molar-refractivity contribution in [1.82, 2.24) is 9.55 Å². The largest absolute Gasteiger partial charge is 0.323 e. The van der Waals surface area contributed by atoms with Crippen LogP contribution in [0.3, 0.4) is 0 Å². The van der Waals surface area contributed by atoms with E-state index < -0.39 is 15.7 Å². The Kier molecular flexibility index (Phi) is 3.43. The van der Waals surface area contributed by atoms with E-state index in [0.29, 0.717) is 23.3 Å². The van der Waals surface area contributed by atoms with E-state index in [4.69, 9.17) is 23.2 Å². The Morgan fingerprint density at radius 2 is 2.20 bits per heavy atom. The lowest BCUT2D eigenvalue weighted by atomic mass is 10.2. The molecule has 0 saturated carbocycles. The molecule has 20 heavy (non-hydrogen) atoms. The number of hydrogen-bond acceptors (Lipinski definition) is 3. The van der Waals surface area contributed by atoms with Crippen LogP contribution in [0.15, 0.2) is 12.1 Å². The number of sulfone groups is 1. The van der Waals surface area contributed by atoms with E-state index in [2.05, 4.69) is 4.98 Å². The lowest BCUT2D eigenvalue weighted by molar-refractivity contribution is 0.552. The van der Waals surface area contributed by atoms with E-state index in [1.807, 2.05) is 0 Å². The summed E-state index contributed by atoms with van der Waals surface area (Å²) in [6, 6.07) is 2.47. The molecule has 108 valence electrons. The molecule has 2 heterocycles. The van der Waals surface area contributed by atoms with Crippen LogP contribution < -0.4 is 0 Å². The summed E-state index contributed by atoms with van der Waals surface area (Å²) >= 11 is 11.6. The van der Waals surface area contributed by atoms with Crippen molar-refractivity contribution in [3.63, 3.8) is 0 Å². The molecule has 0 N–H and O–H groups in total. The first kappa shape index (κ1) is 14.1. The minimum absolute atomic E-state index is 0.0117. The molecular weight excluding hydrogens is 326 g/mol. The topological polar surface area (TPSA) is 52.0 Å². The van der Waals surface area contributed by atoms with Crippen LogP contribution in [-0.2, 0) is 15.7 Å². The molecule has 0 bridgehead atoms. The molecule has 1 fully saturated rings. The average molecular weight is 337 g/mol. The van der Waals surface area contributed by atoms with Crippen molar-refractivity contribution in [2.24, 2.45) is 0 Å². The Balaban J connectivity index is 2.20. The average Bonchev–Trinajstić information content (AvgIpc) is 2.90. The van der Waals surface area contributed by atoms with Gasteiger partial charge >= 0.3 is 0 Å². The molecule has 1 aliphatic rings. The Morgan fingerprint density at radius 3 is 2.80 bits per heavy atom. The number of benzene rings is 1. The maximum absolute atomic E-state index is 13.7. The van der Waals surface area contributed by atoms with E-state index in [1.54, 1.807) is 4.57 Å². The first-order valence-corrected chi connectivity index (χ1v) is 8.77. The van der Waals surface area contributed by atoms with Gasteiger partial charge in [-0.05, 0) is 12.5 Å². The van der Waals surface area contributed by atoms with E-state index in [1.165, 1.54) is 12.1 Å². The van der Waals surface area contributed by atoms with Crippen LogP contribution in [-0.4, -0.2) is 29.5 Å². The van der Waals surface area contributed by atoms with Crippen molar-refractivity contribution in [1.29, 1.82) is 0 Å². The second kappa shape index (κ2) is 4.86. The zero-order valence-electron chi connectivity index (χ0n) is 10.3. The molecular formula is C12H11Cl2FN2O2S. The van der Waals surface area contributed by atoms with E-state index in [9.17, 15) is 12.8 Å². The highest BCUT2D eigenvalue weighted by atomic mass is 35.5. The number of halogens is 3. The SMILES string of the molecule is O=S1(=O)CCC(n2c(CCl)nc3cc(Cl)c(F)cc32)C1. The summed E-state index contributed by atoms with van der Waals surface area (Å²) in [5, 5.41) is -0.0117. The van der Waals surface area contributed by atoms with Gasteiger partial charge in [0.2, 0.25) is 0 Å². The molecule has 3 rings (SSSR count). The molecule has 0 radical (unpaired) electrons. The lowest BCUT2D eigenvalue weighted by Gasteiger charge is -2.14. The van der Waals surface area contributed by atoms with Crippen LogP contribution in [0.5, 0.6) is 0 Å². The van der Waals surface area contributed by atoms with Crippen LogP contribution >= 0.6 is 23.2 Å². The van der Waals surface area contributed by atoms with Gasteiger partial charge in [-0.1, -0.05) is 11.6 Å². The number of alkyl halides is 1. The molecule has 1 atom stereocenters. The lowest BCUT2D eigenvalue weighted by Crippen LogP contribution is -2.13. The van der Waals surface area contributed by atoms with Gasteiger partial charge in [-0.25, -0.2) is 17.8 Å². The Morgan fingerprint density at radius 1 is 1.45 bits per heavy atom. The van der Waals surface area contributed by atoms with Crippen molar-refractivity contribution in [3.8, 4) is 0 Å². The van der Waals surface area contributed by atoms with Crippen LogP contribution in [0.25, 0.3) is 11.0 Å². The molecule has 1 aromatic carbocycles. The summed E-state index contributed by atoms with van der Waals surface area (Å²) < 4.78 is 38.6. The molecule has 0 amide bonds. The van der Waals surface area contributed by atoms with Crippen LogP contribution in [0.2, 0.25) is 5.02 Å². The van der Waals surface area contributed by atoms with Gasteiger partial charge in [0.1, 0.15) is 11.6 Å². The number of aromatic nitrogens is 2. The predicted molar refractivity (Wildman–Crippen MR) is 76.6 cm³/mol. The molecule has 0 aliphatic carbocycles. The smallest absolute Gasteiger partial charge is 0.152 e. The third-order valence-corrected chi connectivity index (χ3v) is 5.78. The first-order chi connectivity index (χ1) is 9.41. The Bertz CT molecular complexity index is 788. The summed E-state index contributed by atoms with van der Waals surface area (Å²) in [5.74, 6) is 0.277.